The number of anilines is 2. The zero-order valence-electron chi connectivity index (χ0n) is 20.1. The molecule has 0 saturated carbocycles. The Balaban J connectivity index is 1.13. The monoisotopic (exact) mass is 494 g/mol. The van der Waals surface area contributed by atoms with Gasteiger partial charge in [-0.25, -0.2) is 8.78 Å². The summed E-state index contributed by atoms with van der Waals surface area (Å²) in [6, 6.07) is 21.5. The van der Waals surface area contributed by atoms with Crippen LogP contribution < -0.4 is 10.2 Å². The largest absolute Gasteiger partial charge is 0.367 e. The Morgan fingerprint density at radius 3 is 2.46 bits per heavy atom. The summed E-state index contributed by atoms with van der Waals surface area (Å²) in [6.07, 6.45) is 0.570. The number of amides is 1. The van der Waals surface area contributed by atoms with Crippen LogP contribution in [-0.2, 0) is 13.0 Å². The van der Waals surface area contributed by atoms with Crippen LogP contribution in [0.4, 0.5) is 20.2 Å². The van der Waals surface area contributed by atoms with Gasteiger partial charge in [-0.15, -0.1) is 0 Å². The van der Waals surface area contributed by atoms with Gasteiger partial charge in [-0.05, 0) is 59.3 Å². The number of nitriles is 1. The number of nitrogens with zero attached hydrogens (tertiary/aromatic N) is 3. The SMILES string of the molecule is N#Cc1ccc(N2CCN(Cc3ccc(Cc4ccc5c6c(cccc46)C(=O)N5)cc3F)CC2)c(F)c1. The van der Waals surface area contributed by atoms with E-state index in [0.717, 1.165) is 27.6 Å². The molecular formula is C30H24F2N4O. The van der Waals surface area contributed by atoms with Crippen LogP contribution in [0.15, 0.2) is 66.7 Å². The maximum Gasteiger partial charge on any atom is 0.256 e. The van der Waals surface area contributed by atoms with E-state index in [4.69, 9.17) is 5.26 Å². The second-order valence-corrected chi connectivity index (χ2v) is 9.60. The van der Waals surface area contributed by atoms with Crippen LogP contribution in [0.2, 0.25) is 0 Å². The number of nitrogens with one attached hydrogen (secondary N) is 1. The lowest BCUT2D eigenvalue weighted by atomic mass is 9.95. The first kappa shape index (κ1) is 23.1. The topological polar surface area (TPSA) is 59.4 Å². The molecule has 0 radical (unpaired) electrons. The first-order valence-electron chi connectivity index (χ1n) is 12.3. The molecule has 2 aliphatic rings. The van der Waals surface area contributed by atoms with Gasteiger partial charge in [-0.1, -0.05) is 30.3 Å². The third kappa shape index (κ3) is 4.30. The van der Waals surface area contributed by atoms with Crippen molar-refractivity contribution in [2.75, 3.05) is 36.4 Å². The summed E-state index contributed by atoms with van der Waals surface area (Å²) >= 11 is 0. The Bertz CT molecular complexity index is 1590. The zero-order valence-corrected chi connectivity index (χ0v) is 20.1. The van der Waals surface area contributed by atoms with E-state index in [-0.39, 0.29) is 11.7 Å². The van der Waals surface area contributed by atoms with Gasteiger partial charge in [0.1, 0.15) is 11.6 Å². The lowest BCUT2D eigenvalue weighted by Crippen LogP contribution is -2.46. The van der Waals surface area contributed by atoms with Crippen LogP contribution >= 0.6 is 0 Å². The number of benzene rings is 4. The van der Waals surface area contributed by atoms with Gasteiger partial charge in [0, 0.05) is 54.9 Å². The molecule has 1 saturated heterocycles. The predicted octanol–water partition coefficient (Wildman–Crippen LogP) is 5.47. The summed E-state index contributed by atoms with van der Waals surface area (Å²) < 4.78 is 29.5. The van der Waals surface area contributed by atoms with Crippen LogP contribution in [0.3, 0.4) is 0 Å². The van der Waals surface area contributed by atoms with E-state index in [1.54, 1.807) is 18.2 Å². The molecule has 5 nitrogen and oxygen atoms in total. The van der Waals surface area contributed by atoms with Gasteiger partial charge in [0.2, 0.25) is 0 Å². The molecule has 0 unspecified atom stereocenters. The van der Waals surface area contributed by atoms with E-state index in [0.29, 0.717) is 61.5 Å². The van der Waals surface area contributed by atoms with E-state index in [2.05, 4.69) is 10.2 Å². The second-order valence-electron chi connectivity index (χ2n) is 9.60. The smallest absolute Gasteiger partial charge is 0.256 e. The van der Waals surface area contributed by atoms with Gasteiger partial charge in [0.25, 0.3) is 5.91 Å². The average Bonchev–Trinajstić information content (AvgIpc) is 3.24. The van der Waals surface area contributed by atoms with Gasteiger partial charge in [-0.3, -0.25) is 9.69 Å². The number of hydrogen-bond acceptors (Lipinski definition) is 4. The van der Waals surface area contributed by atoms with E-state index in [9.17, 15) is 9.18 Å². The maximum absolute atomic E-state index is 15.1. The van der Waals surface area contributed by atoms with Gasteiger partial charge in [-0.2, -0.15) is 5.26 Å². The van der Waals surface area contributed by atoms with Crippen molar-refractivity contribution >= 4 is 28.1 Å². The highest BCUT2D eigenvalue weighted by Crippen LogP contribution is 2.35. The normalized spacial score (nSPS) is 15.2. The van der Waals surface area contributed by atoms with Gasteiger partial charge >= 0.3 is 0 Å². The quantitative estimate of drug-likeness (QED) is 0.400. The first-order valence-corrected chi connectivity index (χ1v) is 12.3. The number of halogens is 2. The van der Waals surface area contributed by atoms with Gasteiger partial charge < -0.3 is 10.2 Å². The molecule has 1 N–H and O–H groups in total. The lowest BCUT2D eigenvalue weighted by Gasteiger charge is -2.36. The van der Waals surface area contributed by atoms with Crippen molar-refractivity contribution in [1.82, 2.24) is 4.90 Å². The number of hydrogen-bond donors (Lipinski definition) is 1. The third-order valence-corrected chi connectivity index (χ3v) is 7.32. The molecule has 7 heteroatoms. The molecule has 0 aliphatic carbocycles. The third-order valence-electron chi connectivity index (χ3n) is 7.32. The molecule has 4 aromatic rings. The molecule has 0 aromatic heterocycles. The highest BCUT2D eigenvalue weighted by Gasteiger charge is 2.23. The molecule has 184 valence electrons. The number of piperazine rings is 1. The molecule has 2 heterocycles. The van der Waals surface area contributed by atoms with Crippen molar-refractivity contribution in [2.24, 2.45) is 0 Å². The fourth-order valence-electron chi connectivity index (χ4n) is 5.37. The minimum atomic E-state index is -0.391. The van der Waals surface area contributed by atoms with Gasteiger partial charge in [0.05, 0.1) is 17.3 Å². The van der Waals surface area contributed by atoms with E-state index in [1.165, 1.54) is 6.07 Å². The van der Waals surface area contributed by atoms with Crippen molar-refractivity contribution in [3.05, 3.63) is 106 Å². The molecule has 4 aromatic carbocycles. The summed E-state index contributed by atoms with van der Waals surface area (Å²) in [5.41, 5.74) is 4.87. The second kappa shape index (κ2) is 9.30. The minimum Gasteiger partial charge on any atom is -0.367 e. The standard InChI is InChI=1S/C30H24F2N4O/c31-25-15-19(14-21-7-8-27-29-23(21)2-1-3-24(29)30(37)34-27)4-6-22(25)18-35-10-12-36(13-11-35)28-9-5-20(17-33)16-26(28)32/h1-9,15-16H,10-14,18H2,(H,34,37). The van der Waals surface area contributed by atoms with Gasteiger partial charge in [0.15, 0.2) is 0 Å². The number of carbonyl (C=O) groups excluding carboxylic acids is 1. The van der Waals surface area contributed by atoms with Crippen molar-refractivity contribution in [3.8, 4) is 6.07 Å². The Labute approximate surface area is 213 Å². The summed E-state index contributed by atoms with van der Waals surface area (Å²) in [4.78, 5) is 16.3. The molecule has 0 spiro atoms. The molecule has 1 fully saturated rings. The van der Waals surface area contributed by atoms with Crippen molar-refractivity contribution in [1.29, 1.82) is 5.26 Å². The van der Waals surface area contributed by atoms with E-state index >= 15 is 4.39 Å². The summed E-state index contributed by atoms with van der Waals surface area (Å²) in [7, 11) is 0. The highest BCUT2D eigenvalue weighted by atomic mass is 19.1. The van der Waals surface area contributed by atoms with Crippen LogP contribution in [0.25, 0.3) is 10.8 Å². The van der Waals surface area contributed by atoms with Crippen LogP contribution in [-0.4, -0.2) is 37.0 Å². The molecule has 0 bridgehead atoms. The molecule has 0 atom stereocenters. The van der Waals surface area contributed by atoms with Crippen molar-refractivity contribution < 1.29 is 13.6 Å². The van der Waals surface area contributed by atoms with E-state index < -0.39 is 5.82 Å². The fraction of sp³-hybridized carbons (Fsp3) is 0.200. The van der Waals surface area contributed by atoms with Crippen molar-refractivity contribution in [2.45, 2.75) is 13.0 Å². The van der Waals surface area contributed by atoms with Crippen molar-refractivity contribution in [3.63, 3.8) is 0 Å². The molecule has 6 rings (SSSR count). The lowest BCUT2D eigenvalue weighted by molar-refractivity contribution is 0.103. The van der Waals surface area contributed by atoms with Crippen LogP contribution in [0, 0.1) is 23.0 Å². The Morgan fingerprint density at radius 1 is 0.892 bits per heavy atom. The molecular weight excluding hydrogens is 470 g/mol. The highest BCUT2D eigenvalue weighted by molar-refractivity contribution is 6.24. The summed E-state index contributed by atoms with van der Waals surface area (Å²) in [6.45, 7) is 3.13. The Morgan fingerprint density at radius 2 is 1.70 bits per heavy atom. The summed E-state index contributed by atoms with van der Waals surface area (Å²) in [5, 5.41) is 13.8. The summed E-state index contributed by atoms with van der Waals surface area (Å²) in [5.74, 6) is -0.714. The predicted molar refractivity (Wildman–Crippen MR) is 140 cm³/mol. The average molecular weight is 495 g/mol. The number of carbonyl (C=O) groups is 1. The maximum atomic E-state index is 15.1. The Kier molecular flexibility index (Phi) is 5.82. The molecule has 37 heavy (non-hydrogen) atoms. The number of rotatable bonds is 5. The van der Waals surface area contributed by atoms with Crippen LogP contribution in [0.5, 0.6) is 0 Å². The van der Waals surface area contributed by atoms with Crippen LogP contribution in [0.1, 0.15) is 32.6 Å². The van der Waals surface area contributed by atoms with E-state index in [1.807, 2.05) is 53.4 Å². The zero-order chi connectivity index (χ0) is 25.5. The molecule has 1 amide bonds. The molecule has 2 aliphatic heterocycles. The minimum absolute atomic E-state index is 0.0870. The fourth-order valence-corrected chi connectivity index (χ4v) is 5.37. The Hall–Kier alpha value is -4.28. The first-order chi connectivity index (χ1) is 18.0.